The van der Waals surface area contributed by atoms with E-state index in [1.165, 1.54) is 12.1 Å². The van der Waals surface area contributed by atoms with E-state index in [-0.39, 0.29) is 11.5 Å². The van der Waals surface area contributed by atoms with Gasteiger partial charge < -0.3 is 5.11 Å². The predicted octanol–water partition coefficient (Wildman–Crippen LogP) is 1.65. The summed E-state index contributed by atoms with van der Waals surface area (Å²) < 4.78 is 27.0. The van der Waals surface area contributed by atoms with Crippen molar-refractivity contribution in [2.45, 2.75) is 44.6 Å². The smallest absolute Gasteiger partial charge is 0.289 e. The van der Waals surface area contributed by atoms with Gasteiger partial charge in [-0.3, -0.25) is 10.1 Å². The molecule has 1 aromatic carbocycles. The van der Waals surface area contributed by atoms with Gasteiger partial charge in [0.05, 0.1) is 4.92 Å². The molecule has 7 nitrogen and oxygen atoms in total. The second-order valence-electron chi connectivity index (χ2n) is 5.05. The van der Waals surface area contributed by atoms with Crippen LogP contribution in [0.5, 0.6) is 0 Å². The second kappa shape index (κ2) is 6.97. The summed E-state index contributed by atoms with van der Waals surface area (Å²) in [7, 11) is -3.98. The van der Waals surface area contributed by atoms with Crippen LogP contribution in [0.25, 0.3) is 0 Å². The van der Waals surface area contributed by atoms with E-state index in [0.29, 0.717) is 24.0 Å². The quantitative estimate of drug-likeness (QED) is 0.587. The summed E-state index contributed by atoms with van der Waals surface area (Å²) in [6.07, 6.45) is 0.910. The Balaban J connectivity index is 3.18. The average Bonchev–Trinajstić information content (AvgIpc) is 2.38. The molecule has 1 rings (SSSR count). The lowest BCUT2D eigenvalue weighted by molar-refractivity contribution is -0.387. The summed E-state index contributed by atoms with van der Waals surface area (Å²) in [5, 5.41) is 19.8. The summed E-state index contributed by atoms with van der Waals surface area (Å²) >= 11 is 0. The Morgan fingerprint density at radius 1 is 1.33 bits per heavy atom. The number of aliphatic hydroxyl groups excluding tert-OH is 1. The Bertz CT molecular complexity index is 628. The number of nitro benzene ring substituents is 1. The molecule has 0 bridgehead atoms. The van der Waals surface area contributed by atoms with E-state index in [1.807, 2.05) is 0 Å². The van der Waals surface area contributed by atoms with Crippen LogP contribution in [-0.2, 0) is 10.0 Å². The number of sulfonamides is 1. The summed E-state index contributed by atoms with van der Waals surface area (Å²) in [6.45, 7) is 5.01. The SMILES string of the molecule is Cc1cc([N+](=O)[O-])c(S(=O)(=O)NC(C)CCCO)cc1C. The van der Waals surface area contributed by atoms with Gasteiger partial charge in [0.25, 0.3) is 5.69 Å². The van der Waals surface area contributed by atoms with E-state index in [9.17, 15) is 18.5 Å². The molecule has 0 aromatic heterocycles. The zero-order valence-electron chi connectivity index (χ0n) is 12.3. The first kappa shape index (κ1) is 17.5. The Morgan fingerprint density at radius 2 is 1.90 bits per heavy atom. The largest absolute Gasteiger partial charge is 0.396 e. The first-order chi connectivity index (χ1) is 9.69. The minimum Gasteiger partial charge on any atom is -0.396 e. The monoisotopic (exact) mass is 316 g/mol. The normalized spacial score (nSPS) is 13.1. The zero-order chi connectivity index (χ0) is 16.2. The lowest BCUT2D eigenvalue weighted by Gasteiger charge is -2.14. The van der Waals surface area contributed by atoms with Crippen LogP contribution in [0.2, 0.25) is 0 Å². The van der Waals surface area contributed by atoms with Crippen LogP contribution in [0.1, 0.15) is 30.9 Å². The van der Waals surface area contributed by atoms with E-state index in [1.54, 1.807) is 20.8 Å². The van der Waals surface area contributed by atoms with Gasteiger partial charge in [-0.15, -0.1) is 0 Å². The third-order valence-electron chi connectivity index (χ3n) is 3.21. The Kier molecular flexibility index (Phi) is 5.82. The first-order valence-electron chi connectivity index (χ1n) is 6.58. The van der Waals surface area contributed by atoms with Crippen molar-refractivity contribution in [2.24, 2.45) is 0 Å². The Labute approximate surface area is 124 Å². The number of nitrogens with zero attached hydrogens (tertiary/aromatic N) is 1. The van der Waals surface area contributed by atoms with Gasteiger partial charge in [0, 0.05) is 18.7 Å². The van der Waals surface area contributed by atoms with Crippen LogP contribution >= 0.6 is 0 Å². The van der Waals surface area contributed by atoms with Gasteiger partial charge in [0.15, 0.2) is 4.90 Å². The molecular weight excluding hydrogens is 296 g/mol. The number of aliphatic hydroxyl groups is 1. The molecule has 1 aromatic rings. The van der Waals surface area contributed by atoms with Gasteiger partial charge >= 0.3 is 0 Å². The number of hydrogen-bond acceptors (Lipinski definition) is 5. The summed E-state index contributed by atoms with van der Waals surface area (Å²) in [6, 6.07) is 2.17. The summed E-state index contributed by atoms with van der Waals surface area (Å²) in [5.74, 6) is 0. The van der Waals surface area contributed by atoms with Gasteiger partial charge in [-0.05, 0) is 50.8 Å². The molecule has 0 aliphatic rings. The van der Waals surface area contributed by atoms with E-state index < -0.39 is 26.7 Å². The molecule has 8 heteroatoms. The lowest BCUT2D eigenvalue weighted by Crippen LogP contribution is -2.33. The summed E-state index contributed by atoms with van der Waals surface area (Å²) in [4.78, 5) is 10.0. The highest BCUT2D eigenvalue weighted by molar-refractivity contribution is 7.89. The zero-order valence-corrected chi connectivity index (χ0v) is 13.1. The molecule has 1 unspecified atom stereocenters. The highest BCUT2D eigenvalue weighted by Crippen LogP contribution is 2.27. The molecule has 0 heterocycles. The molecule has 0 aliphatic carbocycles. The average molecular weight is 316 g/mol. The highest BCUT2D eigenvalue weighted by atomic mass is 32.2. The molecule has 0 spiro atoms. The van der Waals surface area contributed by atoms with E-state index in [4.69, 9.17) is 5.11 Å². The van der Waals surface area contributed by atoms with Crippen LogP contribution in [0.3, 0.4) is 0 Å². The van der Waals surface area contributed by atoms with E-state index in [0.717, 1.165) is 0 Å². The van der Waals surface area contributed by atoms with Gasteiger partial charge in [0.2, 0.25) is 10.0 Å². The van der Waals surface area contributed by atoms with Crippen molar-refractivity contribution < 1.29 is 18.4 Å². The molecular formula is C13H20N2O5S. The Hall–Kier alpha value is -1.51. The molecule has 0 radical (unpaired) electrons. The Morgan fingerprint density at radius 3 is 2.43 bits per heavy atom. The number of nitrogens with one attached hydrogen (secondary N) is 1. The van der Waals surface area contributed by atoms with E-state index >= 15 is 0 Å². The maximum Gasteiger partial charge on any atom is 0.289 e. The van der Waals surface area contributed by atoms with Crippen molar-refractivity contribution in [1.82, 2.24) is 4.72 Å². The van der Waals surface area contributed by atoms with Crippen molar-refractivity contribution in [3.05, 3.63) is 33.4 Å². The molecule has 0 fully saturated rings. The lowest BCUT2D eigenvalue weighted by atomic mass is 10.1. The minimum absolute atomic E-state index is 0.0319. The molecule has 1 atom stereocenters. The van der Waals surface area contributed by atoms with Crippen LogP contribution in [0.15, 0.2) is 17.0 Å². The van der Waals surface area contributed by atoms with Gasteiger partial charge in [-0.1, -0.05) is 0 Å². The fourth-order valence-electron chi connectivity index (χ4n) is 1.92. The number of benzene rings is 1. The van der Waals surface area contributed by atoms with Crippen molar-refractivity contribution in [2.75, 3.05) is 6.61 Å². The van der Waals surface area contributed by atoms with Crippen LogP contribution in [-0.4, -0.2) is 31.1 Å². The predicted molar refractivity (Wildman–Crippen MR) is 78.7 cm³/mol. The second-order valence-corrected chi connectivity index (χ2v) is 6.73. The van der Waals surface area contributed by atoms with Crippen molar-refractivity contribution in [3.63, 3.8) is 0 Å². The van der Waals surface area contributed by atoms with Crippen LogP contribution in [0, 0.1) is 24.0 Å². The standard InChI is InChI=1S/C13H20N2O5S/c1-9-7-12(15(17)18)13(8-10(9)2)21(19,20)14-11(3)5-4-6-16/h7-8,11,14,16H,4-6H2,1-3H3. The van der Waals surface area contributed by atoms with Crippen molar-refractivity contribution in [3.8, 4) is 0 Å². The number of hydrogen-bond donors (Lipinski definition) is 2. The molecule has 0 saturated carbocycles. The number of nitro groups is 1. The molecule has 2 N–H and O–H groups in total. The van der Waals surface area contributed by atoms with E-state index in [2.05, 4.69) is 4.72 Å². The van der Waals surface area contributed by atoms with Crippen LogP contribution < -0.4 is 4.72 Å². The third-order valence-corrected chi connectivity index (χ3v) is 4.83. The fraction of sp³-hybridized carbons (Fsp3) is 0.538. The van der Waals surface area contributed by atoms with Gasteiger partial charge in [-0.25, -0.2) is 13.1 Å². The molecule has 0 saturated heterocycles. The molecule has 0 aliphatic heterocycles. The van der Waals surface area contributed by atoms with Crippen molar-refractivity contribution >= 4 is 15.7 Å². The van der Waals surface area contributed by atoms with Crippen LogP contribution in [0.4, 0.5) is 5.69 Å². The highest BCUT2D eigenvalue weighted by Gasteiger charge is 2.27. The minimum atomic E-state index is -3.98. The molecule has 0 amide bonds. The van der Waals surface area contributed by atoms with Crippen molar-refractivity contribution in [1.29, 1.82) is 0 Å². The topological polar surface area (TPSA) is 110 Å². The van der Waals surface area contributed by atoms with Gasteiger partial charge in [0.1, 0.15) is 0 Å². The summed E-state index contributed by atoms with van der Waals surface area (Å²) in [5.41, 5.74) is 0.901. The maximum atomic E-state index is 12.3. The maximum absolute atomic E-state index is 12.3. The third kappa shape index (κ3) is 4.48. The number of aryl methyl sites for hydroxylation is 2. The molecule has 118 valence electrons. The molecule has 21 heavy (non-hydrogen) atoms. The number of rotatable bonds is 7. The fourth-order valence-corrected chi connectivity index (χ4v) is 3.43. The first-order valence-corrected chi connectivity index (χ1v) is 8.06. The van der Waals surface area contributed by atoms with Gasteiger partial charge in [-0.2, -0.15) is 0 Å².